The zero-order chi connectivity index (χ0) is 30.6. The van der Waals surface area contributed by atoms with Crippen LogP contribution in [0.4, 0.5) is 16.6 Å². The van der Waals surface area contributed by atoms with Crippen molar-refractivity contribution >= 4 is 39.5 Å². The Kier molecular flexibility index (Phi) is 8.33. The largest absolute Gasteiger partial charge is 0.393 e. The maximum atomic E-state index is 13.0. The number of amides is 1. The third kappa shape index (κ3) is 6.63. The molecule has 5 heterocycles. The Morgan fingerprint density at radius 1 is 0.956 bits per heavy atom. The van der Waals surface area contributed by atoms with Gasteiger partial charge >= 0.3 is 0 Å². The summed E-state index contributed by atoms with van der Waals surface area (Å²) in [6, 6.07) is 27.4. The van der Waals surface area contributed by atoms with E-state index in [1.807, 2.05) is 82.7 Å². The van der Waals surface area contributed by atoms with Gasteiger partial charge in [-0.25, -0.2) is 15.0 Å². The van der Waals surface area contributed by atoms with Crippen LogP contribution in [0, 0.1) is 0 Å². The molecule has 0 spiro atoms. The lowest BCUT2D eigenvalue weighted by Gasteiger charge is -2.29. The molecule has 0 saturated carbocycles. The quantitative estimate of drug-likeness (QED) is 0.170. The molecule has 0 unspecified atom stereocenters. The molecule has 4 aromatic heterocycles. The average Bonchev–Trinajstić information content (AvgIpc) is 3.73. The van der Waals surface area contributed by atoms with Gasteiger partial charge in [-0.2, -0.15) is 0 Å². The van der Waals surface area contributed by atoms with Crippen LogP contribution in [0.2, 0.25) is 0 Å². The highest BCUT2D eigenvalue weighted by Gasteiger charge is 2.20. The van der Waals surface area contributed by atoms with Gasteiger partial charge in [0, 0.05) is 48.8 Å². The number of pyridine rings is 1. The molecule has 1 amide bonds. The summed E-state index contributed by atoms with van der Waals surface area (Å²) in [5.41, 5.74) is 6.54. The SMILES string of the molecule is O=C(Nc1cccs1)c1cccc(-c2nc3ccccn3c2-c2ccnc(Nc3cccc(CCN4CCC(O)CC4)c3)n2)c1. The number of piperidine rings is 1. The number of benzene rings is 2. The Labute approximate surface area is 265 Å². The highest BCUT2D eigenvalue weighted by atomic mass is 32.1. The molecule has 9 nitrogen and oxygen atoms in total. The zero-order valence-electron chi connectivity index (χ0n) is 24.6. The van der Waals surface area contributed by atoms with Gasteiger partial charge in [0.2, 0.25) is 5.95 Å². The van der Waals surface area contributed by atoms with Crippen molar-refractivity contribution in [2.24, 2.45) is 0 Å². The van der Waals surface area contributed by atoms with Gasteiger partial charge in [0.25, 0.3) is 5.91 Å². The number of carbonyl (C=O) groups excluding carboxylic acids is 1. The van der Waals surface area contributed by atoms with Crippen LogP contribution >= 0.6 is 11.3 Å². The molecule has 1 aliphatic rings. The van der Waals surface area contributed by atoms with E-state index in [1.165, 1.54) is 16.9 Å². The fraction of sp³-hybridized carbons (Fsp3) is 0.200. The summed E-state index contributed by atoms with van der Waals surface area (Å²) in [7, 11) is 0. The number of aliphatic hydroxyl groups excluding tert-OH is 1. The van der Waals surface area contributed by atoms with Gasteiger partial charge in [-0.1, -0.05) is 30.3 Å². The predicted octanol–water partition coefficient (Wildman–Crippen LogP) is 6.51. The number of hydrogen-bond donors (Lipinski definition) is 3. The van der Waals surface area contributed by atoms with Gasteiger partial charge in [-0.05, 0) is 84.8 Å². The monoisotopic (exact) mass is 615 g/mol. The van der Waals surface area contributed by atoms with Crippen LogP contribution in [0.15, 0.2) is 103 Å². The van der Waals surface area contributed by atoms with Crippen molar-refractivity contribution in [2.75, 3.05) is 30.3 Å². The molecule has 45 heavy (non-hydrogen) atoms. The van der Waals surface area contributed by atoms with Crippen molar-refractivity contribution in [1.82, 2.24) is 24.3 Å². The lowest BCUT2D eigenvalue weighted by Crippen LogP contribution is -2.37. The minimum atomic E-state index is -0.171. The van der Waals surface area contributed by atoms with Crippen molar-refractivity contribution in [2.45, 2.75) is 25.4 Å². The molecule has 0 atom stereocenters. The van der Waals surface area contributed by atoms with E-state index in [0.29, 0.717) is 17.2 Å². The molecule has 6 aromatic rings. The lowest BCUT2D eigenvalue weighted by molar-refractivity contribution is 0.0832. The van der Waals surface area contributed by atoms with E-state index in [1.54, 1.807) is 12.3 Å². The Morgan fingerprint density at radius 2 is 1.84 bits per heavy atom. The van der Waals surface area contributed by atoms with E-state index in [2.05, 4.69) is 32.7 Å². The molecule has 1 fully saturated rings. The lowest BCUT2D eigenvalue weighted by atomic mass is 10.0. The molecule has 0 radical (unpaired) electrons. The van der Waals surface area contributed by atoms with Crippen molar-refractivity contribution in [1.29, 1.82) is 0 Å². The van der Waals surface area contributed by atoms with Crippen LogP contribution < -0.4 is 10.6 Å². The molecule has 0 bridgehead atoms. The second-order valence-electron chi connectivity index (χ2n) is 11.2. The van der Waals surface area contributed by atoms with E-state index in [0.717, 1.165) is 72.2 Å². The smallest absolute Gasteiger partial charge is 0.256 e. The van der Waals surface area contributed by atoms with Gasteiger partial charge in [0.15, 0.2) is 0 Å². The summed E-state index contributed by atoms with van der Waals surface area (Å²) < 4.78 is 2.01. The summed E-state index contributed by atoms with van der Waals surface area (Å²) in [6.07, 6.45) is 6.18. The number of nitrogens with one attached hydrogen (secondary N) is 2. The first kappa shape index (κ1) is 28.8. The van der Waals surface area contributed by atoms with Crippen molar-refractivity contribution in [3.63, 3.8) is 0 Å². The number of aromatic nitrogens is 4. The average molecular weight is 616 g/mol. The maximum Gasteiger partial charge on any atom is 0.256 e. The van der Waals surface area contributed by atoms with Crippen molar-refractivity contribution in [3.05, 3.63) is 114 Å². The van der Waals surface area contributed by atoms with Gasteiger partial charge in [-0.15, -0.1) is 11.3 Å². The minimum absolute atomic E-state index is 0.158. The second kappa shape index (κ2) is 13.0. The number of carbonyl (C=O) groups is 1. The Balaban J connectivity index is 1.15. The molecule has 1 aliphatic heterocycles. The highest BCUT2D eigenvalue weighted by molar-refractivity contribution is 7.14. The fourth-order valence-electron chi connectivity index (χ4n) is 5.70. The Morgan fingerprint density at radius 3 is 2.71 bits per heavy atom. The van der Waals surface area contributed by atoms with Crippen LogP contribution in [0.1, 0.15) is 28.8 Å². The van der Waals surface area contributed by atoms with Crippen LogP contribution in [0.3, 0.4) is 0 Å². The standard InChI is InChI=1S/C35H33N7O2S/c43-28-14-19-41(20-15-28)18-13-24-6-3-9-27(22-24)37-35-36-16-12-29(38-35)33-32(39-30-10-1-2-17-42(30)33)25-7-4-8-26(23-25)34(44)40-31-11-5-21-45-31/h1-12,16-17,21-23,28,43H,13-15,18-20H2,(H,40,44)(H,36,37,38). The van der Waals surface area contributed by atoms with Gasteiger partial charge < -0.3 is 20.6 Å². The highest BCUT2D eigenvalue weighted by Crippen LogP contribution is 2.33. The van der Waals surface area contributed by atoms with Crippen LogP contribution in [-0.2, 0) is 6.42 Å². The summed E-state index contributed by atoms with van der Waals surface area (Å²) in [5.74, 6) is 0.311. The molecule has 0 aliphatic carbocycles. The van der Waals surface area contributed by atoms with Crippen molar-refractivity contribution < 1.29 is 9.90 Å². The van der Waals surface area contributed by atoms with E-state index in [4.69, 9.17) is 9.97 Å². The molecule has 1 saturated heterocycles. The number of fused-ring (bicyclic) bond motifs is 1. The molecule has 10 heteroatoms. The summed E-state index contributed by atoms with van der Waals surface area (Å²) in [6.45, 7) is 2.85. The number of rotatable bonds is 9. The van der Waals surface area contributed by atoms with Gasteiger partial charge in [0.1, 0.15) is 5.65 Å². The van der Waals surface area contributed by atoms with Gasteiger partial charge in [-0.3, -0.25) is 9.20 Å². The number of anilines is 3. The molecule has 226 valence electrons. The first-order valence-electron chi connectivity index (χ1n) is 15.1. The number of thiophene rings is 1. The first-order valence-corrected chi connectivity index (χ1v) is 16.0. The fourth-order valence-corrected chi connectivity index (χ4v) is 6.31. The molecule has 3 N–H and O–H groups in total. The molecular weight excluding hydrogens is 582 g/mol. The van der Waals surface area contributed by atoms with Crippen LogP contribution in [0.5, 0.6) is 0 Å². The van der Waals surface area contributed by atoms with Gasteiger partial charge in [0.05, 0.1) is 28.2 Å². The number of aliphatic hydroxyl groups is 1. The molecular formula is C35H33N7O2S. The second-order valence-corrected chi connectivity index (χ2v) is 12.1. The third-order valence-electron chi connectivity index (χ3n) is 8.04. The molecule has 7 rings (SSSR count). The number of nitrogens with zero attached hydrogens (tertiary/aromatic N) is 5. The number of imidazole rings is 1. The van der Waals surface area contributed by atoms with Crippen LogP contribution in [0.25, 0.3) is 28.3 Å². The maximum absolute atomic E-state index is 13.0. The predicted molar refractivity (Wildman–Crippen MR) is 179 cm³/mol. The zero-order valence-corrected chi connectivity index (χ0v) is 25.5. The summed E-state index contributed by atoms with van der Waals surface area (Å²) in [5, 5.41) is 18.9. The summed E-state index contributed by atoms with van der Waals surface area (Å²) in [4.78, 5) is 29.8. The van der Waals surface area contributed by atoms with E-state index in [9.17, 15) is 9.90 Å². The van der Waals surface area contributed by atoms with E-state index in [-0.39, 0.29) is 12.0 Å². The number of hydrogen-bond acceptors (Lipinski definition) is 8. The third-order valence-corrected chi connectivity index (χ3v) is 8.83. The summed E-state index contributed by atoms with van der Waals surface area (Å²) >= 11 is 1.48. The minimum Gasteiger partial charge on any atom is -0.393 e. The van der Waals surface area contributed by atoms with Crippen molar-refractivity contribution in [3.8, 4) is 22.6 Å². The van der Waals surface area contributed by atoms with E-state index >= 15 is 0 Å². The first-order chi connectivity index (χ1) is 22.1. The molecule has 2 aromatic carbocycles. The topological polar surface area (TPSA) is 108 Å². The normalized spacial score (nSPS) is 14.1. The Hall–Kier alpha value is -4.90. The number of likely N-dealkylation sites (tertiary alicyclic amines) is 1. The Bertz CT molecular complexity index is 1930. The van der Waals surface area contributed by atoms with Crippen LogP contribution in [-0.4, -0.2) is 61.0 Å². The van der Waals surface area contributed by atoms with E-state index < -0.39 is 0 Å².